The topological polar surface area (TPSA) is 64.6 Å². The second kappa shape index (κ2) is 4.84. The largest absolute Gasteiger partial charge is 0.419 e. The molecule has 0 aliphatic carbocycles. The number of carbonyl (C=O) groups is 2. The van der Waals surface area contributed by atoms with Gasteiger partial charge in [0.2, 0.25) is 0 Å². The first kappa shape index (κ1) is 14.9. The van der Waals surface area contributed by atoms with Crippen LogP contribution in [0.1, 0.15) is 34.6 Å². The first-order valence-electron chi connectivity index (χ1n) is 5.59. The normalized spacial score (nSPS) is 19.1. The van der Waals surface area contributed by atoms with Crippen molar-refractivity contribution in [3.05, 3.63) is 10.6 Å². The van der Waals surface area contributed by atoms with Gasteiger partial charge in [-0.15, -0.1) is 11.8 Å². The maximum absolute atomic E-state index is 11.9. The van der Waals surface area contributed by atoms with Crippen molar-refractivity contribution in [1.29, 1.82) is 0 Å². The van der Waals surface area contributed by atoms with Gasteiger partial charge in [-0.2, -0.15) is 0 Å². The summed E-state index contributed by atoms with van der Waals surface area (Å²) < 4.78 is 10.1. The highest BCUT2D eigenvalue weighted by molar-refractivity contribution is 8.02. The average molecular weight is 273 g/mol. The summed E-state index contributed by atoms with van der Waals surface area (Å²) in [5.74, 6) is -2.52. The van der Waals surface area contributed by atoms with E-state index in [4.69, 9.17) is 9.47 Å². The maximum Gasteiger partial charge on any atom is 0.351 e. The fourth-order valence-corrected chi connectivity index (χ4v) is 2.17. The Labute approximate surface area is 111 Å². The predicted molar refractivity (Wildman–Crippen MR) is 69.7 cm³/mol. The minimum atomic E-state index is -1.21. The van der Waals surface area contributed by atoms with Crippen molar-refractivity contribution >= 4 is 23.7 Å². The van der Waals surface area contributed by atoms with Crippen LogP contribution in [0.15, 0.2) is 10.6 Å². The summed E-state index contributed by atoms with van der Waals surface area (Å²) in [6.07, 6.45) is 1.78. The van der Waals surface area contributed by atoms with Gasteiger partial charge in [0.05, 0.1) is 5.03 Å². The molecule has 0 spiro atoms. The average Bonchev–Trinajstić information content (AvgIpc) is 2.10. The van der Waals surface area contributed by atoms with Crippen LogP contribution >= 0.6 is 11.8 Å². The highest BCUT2D eigenvalue weighted by Gasteiger charge is 2.41. The van der Waals surface area contributed by atoms with Gasteiger partial charge >= 0.3 is 11.9 Å². The molecule has 1 heterocycles. The highest BCUT2D eigenvalue weighted by atomic mass is 32.2. The van der Waals surface area contributed by atoms with Crippen LogP contribution in [0.25, 0.3) is 0 Å². The molecule has 102 valence electrons. The first-order valence-corrected chi connectivity index (χ1v) is 6.81. The van der Waals surface area contributed by atoms with E-state index in [1.54, 1.807) is 6.26 Å². The standard InChI is InChI=1S/C12H19NO4S/c1-11(2,3)13-8(18-6)7-9(14)16-12(4,5)17-10(7)15/h13H,1-6H3. The molecule has 1 saturated heterocycles. The van der Waals surface area contributed by atoms with Crippen LogP contribution in [0.2, 0.25) is 0 Å². The van der Waals surface area contributed by atoms with Crippen molar-refractivity contribution in [2.75, 3.05) is 6.26 Å². The highest BCUT2D eigenvalue weighted by Crippen LogP contribution is 2.27. The van der Waals surface area contributed by atoms with E-state index in [1.807, 2.05) is 20.8 Å². The van der Waals surface area contributed by atoms with Crippen LogP contribution in [-0.2, 0) is 19.1 Å². The van der Waals surface area contributed by atoms with Crippen LogP contribution in [0, 0.1) is 0 Å². The van der Waals surface area contributed by atoms with Crippen LogP contribution in [0.3, 0.4) is 0 Å². The van der Waals surface area contributed by atoms with Gasteiger partial charge in [-0.1, -0.05) is 0 Å². The minimum absolute atomic E-state index is 0.0725. The van der Waals surface area contributed by atoms with E-state index in [1.165, 1.54) is 25.6 Å². The number of thioether (sulfide) groups is 1. The van der Waals surface area contributed by atoms with Crippen molar-refractivity contribution in [3.63, 3.8) is 0 Å². The molecular formula is C12H19NO4S. The Morgan fingerprint density at radius 2 is 1.61 bits per heavy atom. The van der Waals surface area contributed by atoms with E-state index < -0.39 is 17.7 Å². The molecule has 0 aromatic carbocycles. The van der Waals surface area contributed by atoms with E-state index in [0.717, 1.165) is 0 Å². The number of hydrogen-bond donors (Lipinski definition) is 1. The van der Waals surface area contributed by atoms with Crippen LogP contribution in [0.5, 0.6) is 0 Å². The molecule has 0 bridgehead atoms. The Morgan fingerprint density at radius 3 is 1.94 bits per heavy atom. The summed E-state index contributed by atoms with van der Waals surface area (Å²) in [6.45, 7) is 8.86. The molecule has 5 nitrogen and oxygen atoms in total. The summed E-state index contributed by atoms with van der Waals surface area (Å²) in [5.41, 5.74) is -0.337. The summed E-state index contributed by atoms with van der Waals surface area (Å²) in [6, 6.07) is 0. The van der Waals surface area contributed by atoms with Gasteiger partial charge in [0.15, 0.2) is 5.57 Å². The molecule has 6 heteroatoms. The van der Waals surface area contributed by atoms with Gasteiger partial charge in [-0.3, -0.25) is 0 Å². The SMILES string of the molecule is CSC(NC(C)(C)C)=C1C(=O)OC(C)(C)OC1=O. The number of esters is 2. The summed E-state index contributed by atoms with van der Waals surface area (Å²) in [4.78, 5) is 23.7. The Morgan fingerprint density at radius 1 is 1.17 bits per heavy atom. The monoisotopic (exact) mass is 273 g/mol. The minimum Gasteiger partial charge on any atom is -0.419 e. The molecule has 1 N–H and O–H groups in total. The van der Waals surface area contributed by atoms with Gasteiger partial charge in [0.25, 0.3) is 5.79 Å². The van der Waals surface area contributed by atoms with Crippen molar-refractivity contribution in [3.8, 4) is 0 Å². The molecule has 0 unspecified atom stereocenters. The Hall–Kier alpha value is -1.17. The maximum atomic E-state index is 11.9. The third-order valence-electron chi connectivity index (χ3n) is 2.00. The van der Waals surface area contributed by atoms with Crippen molar-refractivity contribution in [2.45, 2.75) is 45.9 Å². The number of hydrogen-bond acceptors (Lipinski definition) is 6. The summed E-state index contributed by atoms with van der Waals surface area (Å²) in [7, 11) is 0. The summed E-state index contributed by atoms with van der Waals surface area (Å²) in [5, 5.41) is 3.57. The van der Waals surface area contributed by atoms with Gasteiger partial charge in [-0.25, -0.2) is 9.59 Å². The lowest BCUT2D eigenvalue weighted by atomic mass is 10.1. The van der Waals surface area contributed by atoms with Crippen molar-refractivity contribution < 1.29 is 19.1 Å². The molecule has 0 radical (unpaired) electrons. The van der Waals surface area contributed by atoms with Crippen LogP contribution in [-0.4, -0.2) is 29.5 Å². The number of ether oxygens (including phenoxy) is 2. The Kier molecular flexibility index (Phi) is 4.00. The van der Waals surface area contributed by atoms with E-state index in [9.17, 15) is 9.59 Å². The lowest BCUT2D eigenvalue weighted by molar-refractivity contribution is -0.222. The molecule has 0 aromatic rings. The molecule has 1 aliphatic heterocycles. The zero-order chi connectivity index (χ0) is 14.1. The molecule has 0 amide bonds. The van der Waals surface area contributed by atoms with Crippen molar-refractivity contribution in [1.82, 2.24) is 5.32 Å². The second-order valence-corrected chi connectivity index (χ2v) is 6.28. The number of nitrogens with one attached hydrogen (secondary N) is 1. The first-order chi connectivity index (χ1) is 8.06. The fraction of sp³-hybridized carbons (Fsp3) is 0.667. The molecule has 1 fully saturated rings. The number of rotatable bonds is 2. The molecule has 18 heavy (non-hydrogen) atoms. The molecule has 0 saturated carbocycles. The smallest absolute Gasteiger partial charge is 0.351 e. The lowest BCUT2D eigenvalue weighted by Crippen LogP contribution is -2.44. The quantitative estimate of drug-likeness (QED) is 0.470. The second-order valence-electron chi connectivity index (χ2n) is 5.46. The third kappa shape index (κ3) is 3.66. The molecular weight excluding hydrogens is 254 g/mol. The van der Waals surface area contributed by atoms with Gasteiger partial charge in [0.1, 0.15) is 0 Å². The predicted octanol–water partition coefficient (Wildman–Crippen LogP) is 1.79. The zero-order valence-electron chi connectivity index (χ0n) is 11.5. The zero-order valence-corrected chi connectivity index (χ0v) is 12.4. The molecule has 1 rings (SSSR count). The lowest BCUT2D eigenvalue weighted by Gasteiger charge is -2.32. The molecule has 0 aromatic heterocycles. The summed E-state index contributed by atoms with van der Waals surface area (Å²) >= 11 is 1.28. The van der Waals surface area contributed by atoms with Gasteiger partial charge in [0, 0.05) is 19.4 Å². The van der Waals surface area contributed by atoms with Crippen LogP contribution < -0.4 is 5.32 Å². The molecule has 0 atom stereocenters. The van der Waals surface area contributed by atoms with E-state index in [-0.39, 0.29) is 11.1 Å². The third-order valence-corrected chi connectivity index (χ3v) is 2.72. The van der Waals surface area contributed by atoms with E-state index >= 15 is 0 Å². The van der Waals surface area contributed by atoms with Crippen LogP contribution in [0.4, 0.5) is 0 Å². The number of carbonyl (C=O) groups excluding carboxylic acids is 2. The number of cyclic esters (lactones) is 2. The van der Waals surface area contributed by atoms with E-state index in [2.05, 4.69) is 5.32 Å². The fourth-order valence-electron chi connectivity index (χ4n) is 1.39. The van der Waals surface area contributed by atoms with Gasteiger partial charge in [-0.05, 0) is 27.0 Å². The van der Waals surface area contributed by atoms with Gasteiger partial charge < -0.3 is 14.8 Å². The molecule has 1 aliphatic rings. The van der Waals surface area contributed by atoms with E-state index in [0.29, 0.717) is 5.03 Å². The van der Waals surface area contributed by atoms with Crippen molar-refractivity contribution in [2.24, 2.45) is 0 Å². The Balaban J connectivity index is 3.12. The Bertz CT molecular complexity index is 385.